The lowest BCUT2D eigenvalue weighted by atomic mass is 10.1. The molecule has 0 atom stereocenters. The van der Waals surface area contributed by atoms with Crippen LogP contribution in [0.5, 0.6) is 0 Å². The van der Waals surface area contributed by atoms with Gasteiger partial charge in [-0.1, -0.05) is 25.0 Å². The Hall–Kier alpha value is -3.68. The van der Waals surface area contributed by atoms with Crippen LogP contribution >= 0.6 is 0 Å². The van der Waals surface area contributed by atoms with Gasteiger partial charge in [0.25, 0.3) is 11.8 Å². The second-order valence-corrected chi connectivity index (χ2v) is 7.91. The molecule has 1 aliphatic carbocycles. The van der Waals surface area contributed by atoms with Gasteiger partial charge in [-0.15, -0.1) is 0 Å². The zero-order valence-corrected chi connectivity index (χ0v) is 17.3. The number of aromatic carboxylic acids is 1. The van der Waals surface area contributed by atoms with E-state index >= 15 is 0 Å². The molecule has 1 saturated heterocycles. The molecule has 8 nitrogen and oxygen atoms in total. The highest BCUT2D eigenvalue weighted by atomic mass is 16.4. The van der Waals surface area contributed by atoms with Gasteiger partial charge in [0, 0.05) is 17.4 Å². The van der Waals surface area contributed by atoms with Crippen LogP contribution in [-0.2, 0) is 9.59 Å². The van der Waals surface area contributed by atoms with E-state index in [-0.39, 0.29) is 17.2 Å². The van der Waals surface area contributed by atoms with Crippen LogP contribution < -0.4 is 5.32 Å². The van der Waals surface area contributed by atoms with Gasteiger partial charge in [0.1, 0.15) is 5.57 Å². The molecular weight excluding hydrogens is 398 g/mol. The molecule has 1 aliphatic heterocycles. The molecule has 1 saturated carbocycles. The average Bonchev–Trinajstić information content (AvgIpc) is 3.33. The first-order chi connectivity index (χ1) is 14.8. The predicted octanol–water partition coefficient (Wildman–Crippen LogP) is 3.20. The summed E-state index contributed by atoms with van der Waals surface area (Å²) in [6.07, 6.45) is 4.84. The van der Waals surface area contributed by atoms with Gasteiger partial charge in [0.15, 0.2) is 0 Å². The van der Waals surface area contributed by atoms with Crippen LogP contribution in [0.3, 0.4) is 0 Å². The molecule has 31 heavy (non-hydrogen) atoms. The second-order valence-electron chi connectivity index (χ2n) is 7.91. The molecule has 0 unspecified atom stereocenters. The number of urea groups is 1. The Morgan fingerprint density at radius 1 is 1.13 bits per heavy atom. The summed E-state index contributed by atoms with van der Waals surface area (Å²) >= 11 is 0. The molecule has 2 aromatic rings. The normalized spacial score (nSPS) is 18.7. The Labute approximate surface area is 179 Å². The second kappa shape index (κ2) is 7.86. The fourth-order valence-electron chi connectivity index (χ4n) is 4.47. The SMILES string of the molecule is Cc1cc(/C=C2\C(=O)NC(=O)N(C3CCCC3)C2=O)c(C)n1-c1ccccc1C(=O)O. The number of barbiturate groups is 1. The highest BCUT2D eigenvalue weighted by molar-refractivity contribution is 6.31. The number of carboxylic acids is 1. The number of carbonyl (C=O) groups is 4. The molecule has 8 heteroatoms. The van der Waals surface area contributed by atoms with E-state index in [1.54, 1.807) is 35.8 Å². The van der Waals surface area contributed by atoms with Crippen molar-refractivity contribution in [2.45, 2.75) is 45.6 Å². The lowest BCUT2D eigenvalue weighted by Crippen LogP contribution is -2.57. The van der Waals surface area contributed by atoms with Crippen molar-refractivity contribution in [2.24, 2.45) is 0 Å². The molecule has 0 radical (unpaired) electrons. The van der Waals surface area contributed by atoms with Gasteiger partial charge in [-0.25, -0.2) is 9.59 Å². The van der Waals surface area contributed by atoms with Crippen molar-refractivity contribution in [3.63, 3.8) is 0 Å². The van der Waals surface area contributed by atoms with Crippen LogP contribution in [0.2, 0.25) is 0 Å². The summed E-state index contributed by atoms with van der Waals surface area (Å²) in [5.41, 5.74) is 2.59. The lowest BCUT2D eigenvalue weighted by Gasteiger charge is -2.31. The Morgan fingerprint density at radius 2 is 1.81 bits per heavy atom. The van der Waals surface area contributed by atoms with Crippen LogP contribution in [0.25, 0.3) is 11.8 Å². The third kappa shape index (κ3) is 3.54. The number of imide groups is 2. The number of carboxylic acid groups (broad SMARTS) is 1. The van der Waals surface area contributed by atoms with E-state index in [9.17, 15) is 24.3 Å². The summed E-state index contributed by atoms with van der Waals surface area (Å²) in [4.78, 5) is 50.6. The smallest absolute Gasteiger partial charge is 0.337 e. The Morgan fingerprint density at radius 3 is 2.48 bits per heavy atom. The zero-order chi connectivity index (χ0) is 22.3. The van der Waals surface area contributed by atoms with E-state index in [0.717, 1.165) is 31.4 Å². The van der Waals surface area contributed by atoms with Gasteiger partial charge in [0.2, 0.25) is 0 Å². The molecule has 1 aromatic carbocycles. The monoisotopic (exact) mass is 421 g/mol. The number of aromatic nitrogens is 1. The summed E-state index contributed by atoms with van der Waals surface area (Å²) in [7, 11) is 0. The third-order valence-electron chi connectivity index (χ3n) is 5.97. The number of amides is 4. The lowest BCUT2D eigenvalue weighted by molar-refractivity contribution is -0.131. The highest BCUT2D eigenvalue weighted by Gasteiger charge is 2.40. The van der Waals surface area contributed by atoms with Crippen LogP contribution in [0, 0.1) is 13.8 Å². The van der Waals surface area contributed by atoms with Crippen molar-refractivity contribution in [1.29, 1.82) is 0 Å². The van der Waals surface area contributed by atoms with Gasteiger partial charge in [-0.3, -0.25) is 19.8 Å². The minimum absolute atomic E-state index is 0.0988. The number of hydrogen-bond acceptors (Lipinski definition) is 4. The van der Waals surface area contributed by atoms with Gasteiger partial charge in [-0.2, -0.15) is 0 Å². The number of benzene rings is 1. The number of rotatable bonds is 4. The minimum atomic E-state index is -1.05. The van der Waals surface area contributed by atoms with Gasteiger partial charge in [-0.05, 0) is 56.5 Å². The van der Waals surface area contributed by atoms with Crippen molar-refractivity contribution in [3.8, 4) is 5.69 Å². The topological polar surface area (TPSA) is 109 Å². The third-order valence-corrected chi connectivity index (χ3v) is 5.97. The van der Waals surface area contributed by atoms with Crippen LogP contribution in [-0.4, -0.2) is 44.4 Å². The average molecular weight is 421 g/mol. The van der Waals surface area contributed by atoms with Gasteiger partial charge < -0.3 is 9.67 Å². The molecule has 1 aromatic heterocycles. The number of aryl methyl sites for hydroxylation is 1. The molecule has 4 rings (SSSR count). The minimum Gasteiger partial charge on any atom is -0.478 e. The number of nitrogens with one attached hydrogen (secondary N) is 1. The number of carbonyl (C=O) groups excluding carboxylic acids is 3. The molecule has 2 fully saturated rings. The standard InChI is InChI=1S/C23H23N3O5/c1-13-11-15(14(2)25(13)19-10-6-5-9-17(19)22(29)30)12-18-20(27)24-23(31)26(21(18)28)16-7-3-4-8-16/h5-6,9-12,16H,3-4,7-8H2,1-2H3,(H,29,30)(H,24,27,31)/b18-12+. The first kappa shape index (κ1) is 20.6. The summed E-state index contributed by atoms with van der Waals surface area (Å²) < 4.78 is 1.78. The van der Waals surface area contributed by atoms with Crippen molar-refractivity contribution in [1.82, 2.24) is 14.8 Å². The molecule has 2 aliphatic rings. The van der Waals surface area contributed by atoms with E-state index < -0.39 is 23.8 Å². The van der Waals surface area contributed by atoms with Crippen molar-refractivity contribution < 1.29 is 24.3 Å². The first-order valence-electron chi connectivity index (χ1n) is 10.2. The molecule has 2 N–H and O–H groups in total. The highest BCUT2D eigenvalue weighted by Crippen LogP contribution is 2.29. The van der Waals surface area contributed by atoms with E-state index in [1.807, 2.05) is 6.92 Å². The number of hydrogen-bond donors (Lipinski definition) is 2. The van der Waals surface area contributed by atoms with Crippen molar-refractivity contribution >= 4 is 29.9 Å². The summed E-state index contributed by atoms with van der Waals surface area (Å²) in [6.45, 7) is 3.62. The molecule has 0 spiro atoms. The quantitative estimate of drug-likeness (QED) is 0.582. The fourth-order valence-corrected chi connectivity index (χ4v) is 4.47. The van der Waals surface area contributed by atoms with E-state index in [0.29, 0.717) is 16.9 Å². The maximum Gasteiger partial charge on any atom is 0.337 e. The first-order valence-corrected chi connectivity index (χ1v) is 10.2. The predicted molar refractivity (Wildman–Crippen MR) is 113 cm³/mol. The van der Waals surface area contributed by atoms with Crippen LogP contribution in [0.15, 0.2) is 35.9 Å². The molecule has 160 valence electrons. The summed E-state index contributed by atoms with van der Waals surface area (Å²) in [5.74, 6) is -2.35. The van der Waals surface area contributed by atoms with Crippen molar-refractivity contribution in [2.75, 3.05) is 0 Å². The van der Waals surface area contributed by atoms with Gasteiger partial charge in [0.05, 0.1) is 11.3 Å². The van der Waals surface area contributed by atoms with Crippen molar-refractivity contribution in [3.05, 3.63) is 58.4 Å². The van der Waals surface area contributed by atoms with E-state index in [2.05, 4.69) is 5.32 Å². The molecule has 4 amide bonds. The Kier molecular flexibility index (Phi) is 5.22. The summed E-state index contributed by atoms with van der Waals surface area (Å²) in [5, 5.41) is 11.8. The fraction of sp³-hybridized carbons (Fsp3) is 0.304. The van der Waals surface area contributed by atoms with Crippen LogP contribution in [0.4, 0.5) is 4.79 Å². The Bertz CT molecular complexity index is 1140. The molecule has 2 heterocycles. The molecule has 0 bridgehead atoms. The van der Waals surface area contributed by atoms with Gasteiger partial charge >= 0.3 is 12.0 Å². The number of para-hydroxylation sites is 1. The number of nitrogens with zero attached hydrogens (tertiary/aromatic N) is 2. The van der Waals surface area contributed by atoms with Crippen LogP contribution in [0.1, 0.15) is 53.0 Å². The maximum atomic E-state index is 13.0. The maximum absolute atomic E-state index is 13.0. The van der Waals surface area contributed by atoms with E-state index in [1.165, 1.54) is 17.0 Å². The summed E-state index contributed by atoms with van der Waals surface area (Å²) in [6, 6.07) is 7.57. The molecular formula is C23H23N3O5. The zero-order valence-electron chi connectivity index (χ0n) is 17.3. The Balaban J connectivity index is 1.76. The largest absolute Gasteiger partial charge is 0.478 e. The van der Waals surface area contributed by atoms with E-state index in [4.69, 9.17) is 0 Å².